The molecule has 2 aromatic carbocycles. The molecule has 1 aromatic heterocycles. The Bertz CT molecular complexity index is 1080. The van der Waals surface area contributed by atoms with Gasteiger partial charge in [-0.1, -0.05) is 55.5 Å². The molecule has 0 saturated carbocycles. The van der Waals surface area contributed by atoms with Crippen LogP contribution in [0.3, 0.4) is 0 Å². The highest BCUT2D eigenvalue weighted by Gasteiger charge is 2.66. The molecule has 28 heavy (non-hydrogen) atoms. The number of amides is 2. The number of carbonyl (C=O) groups excluding carboxylic acids is 2. The van der Waals surface area contributed by atoms with E-state index < -0.39 is 5.41 Å². The van der Waals surface area contributed by atoms with Crippen molar-refractivity contribution in [3.8, 4) is 0 Å². The van der Waals surface area contributed by atoms with Crippen molar-refractivity contribution in [2.45, 2.75) is 24.8 Å². The van der Waals surface area contributed by atoms with Crippen LogP contribution in [-0.4, -0.2) is 16.7 Å². The maximum atomic E-state index is 13.6. The summed E-state index contributed by atoms with van der Waals surface area (Å²) in [5.41, 5.74) is 4.23. The summed E-state index contributed by atoms with van der Waals surface area (Å²) in [4.78, 5) is 28.5. The molecule has 4 aliphatic rings. The summed E-state index contributed by atoms with van der Waals surface area (Å²) >= 11 is 0. The fourth-order valence-electron chi connectivity index (χ4n) is 5.92. The van der Waals surface area contributed by atoms with Crippen LogP contribution in [0.5, 0.6) is 0 Å². The highest BCUT2D eigenvalue weighted by molar-refractivity contribution is 6.08. The van der Waals surface area contributed by atoms with Crippen molar-refractivity contribution in [2.24, 2.45) is 11.8 Å². The van der Waals surface area contributed by atoms with Gasteiger partial charge in [0.15, 0.2) is 0 Å². The van der Waals surface area contributed by atoms with Crippen LogP contribution in [-0.2, 0) is 21.5 Å². The SMILES string of the molecule is CC12c3ccccc3C(c3ccccc31)[C@@H]1C(=O)N(Cc3ccco3)C(=O)[C@@H]12. The third-order valence-corrected chi connectivity index (χ3v) is 7.03. The maximum absolute atomic E-state index is 13.6. The van der Waals surface area contributed by atoms with Gasteiger partial charge in [0.05, 0.1) is 24.6 Å². The lowest BCUT2D eigenvalue weighted by Crippen LogP contribution is -2.51. The Morgan fingerprint density at radius 3 is 2.14 bits per heavy atom. The summed E-state index contributed by atoms with van der Waals surface area (Å²) in [6.07, 6.45) is 1.57. The fourth-order valence-corrected chi connectivity index (χ4v) is 5.92. The predicted octanol–water partition coefficient (Wildman–Crippen LogP) is 3.85. The summed E-state index contributed by atoms with van der Waals surface area (Å²) < 4.78 is 5.42. The molecular weight excluding hydrogens is 350 g/mol. The number of furan rings is 1. The molecule has 1 aliphatic heterocycles. The zero-order valence-electron chi connectivity index (χ0n) is 15.5. The predicted molar refractivity (Wildman–Crippen MR) is 102 cm³/mol. The van der Waals surface area contributed by atoms with Crippen molar-refractivity contribution in [2.75, 3.05) is 0 Å². The van der Waals surface area contributed by atoms with E-state index in [1.165, 1.54) is 27.2 Å². The van der Waals surface area contributed by atoms with Crippen LogP contribution in [0.25, 0.3) is 0 Å². The minimum atomic E-state index is -0.503. The average Bonchev–Trinajstić information content (AvgIpc) is 3.32. The van der Waals surface area contributed by atoms with Gasteiger partial charge >= 0.3 is 0 Å². The van der Waals surface area contributed by atoms with Crippen molar-refractivity contribution < 1.29 is 14.0 Å². The van der Waals surface area contributed by atoms with Gasteiger partial charge in [-0.25, -0.2) is 0 Å². The molecule has 138 valence electrons. The number of benzene rings is 2. The minimum Gasteiger partial charge on any atom is -0.467 e. The largest absolute Gasteiger partial charge is 0.467 e. The molecule has 7 rings (SSSR count). The lowest BCUT2D eigenvalue weighted by Gasteiger charge is -2.52. The topological polar surface area (TPSA) is 50.5 Å². The van der Waals surface area contributed by atoms with Crippen LogP contribution in [0.15, 0.2) is 71.3 Å². The zero-order valence-corrected chi connectivity index (χ0v) is 15.5. The fraction of sp³-hybridized carbons (Fsp3) is 0.250. The molecule has 4 heteroatoms. The van der Waals surface area contributed by atoms with Gasteiger partial charge in [0.25, 0.3) is 0 Å². The summed E-state index contributed by atoms with van der Waals surface area (Å²) in [5, 5.41) is 0. The number of carbonyl (C=O) groups is 2. The lowest BCUT2D eigenvalue weighted by molar-refractivity contribution is -0.141. The van der Waals surface area contributed by atoms with Crippen molar-refractivity contribution in [3.05, 3.63) is 94.9 Å². The Hall–Kier alpha value is -3.14. The molecule has 3 aliphatic carbocycles. The van der Waals surface area contributed by atoms with Crippen molar-refractivity contribution >= 4 is 11.8 Å². The van der Waals surface area contributed by atoms with Crippen molar-refractivity contribution in [3.63, 3.8) is 0 Å². The van der Waals surface area contributed by atoms with Gasteiger partial charge < -0.3 is 4.42 Å². The molecule has 1 saturated heterocycles. The Labute approximate surface area is 162 Å². The second-order valence-corrected chi connectivity index (χ2v) is 8.20. The smallest absolute Gasteiger partial charge is 0.234 e. The van der Waals surface area contributed by atoms with E-state index in [0.717, 1.165) is 0 Å². The summed E-state index contributed by atoms with van der Waals surface area (Å²) in [6, 6.07) is 20.2. The molecule has 2 atom stereocenters. The Morgan fingerprint density at radius 2 is 1.54 bits per heavy atom. The normalized spacial score (nSPS) is 29.6. The molecule has 4 nitrogen and oxygen atoms in total. The Morgan fingerprint density at radius 1 is 0.893 bits per heavy atom. The van der Waals surface area contributed by atoms with Gasteiger partial charge in [0.1, 0.15) is 5.76 Å². The van der Waals surface area contributed by atoms with E-state index in [1.54, 1.807) is 12.3 Å². The first kappa shape index (κ1) is 15.9. The molecule has 2 heterocycles. The Kier molecular flexibility index (Phi) is 2.96. The zero-order chi connectivity index (χ0) is 19.0. The van der Waals surface area contributed by atoms with Crippen LogP contribution >= 0.6 is 0 Å². The third kappa shape index (κ3) is 1.71. The molecule has 1 fully saturated rings. The summed E-state index contributed by atoms with van der Waals surface area (Å²) in [6.45, 7) is 2.34. The summed E-state index contributed by atoms with van der Waals surface area (Å²) in [5.74, 6) is -0.318. The van der Waals surface area contributed by atoms with Gasteiger partial charge in [-0.15, -0.1) is 0 Å². The summed E-state index contributed by atoms with van der Waals surface area (Å²) in [7, 11) is 0. The van der Waals surface area contributed by atoms with Gasteiger partial charge in [0.2, 0.25) is 11.8 Å². The minimum absolute atomic E-state index is 0.0720. The van der Waals surface area contributed by atoms with Gasteiger partial charge in [0, 0.05) is 11.3 Å². The molecule has 0 radical (unpaired) electrons. The van der Waals surface area contributed by atoms with E-state index in [9.17, 15) is 9.59 Å². The van der Waals surface area contributed by atoms with E-state index in [1.807, 2.05) is 30.3 Å². The number of imide groups is 1. The standard InChI is InChI=1S/C24H19NO3/c1-24-17-10-4-2-8-15(17)19(16-9-3-5-11-18(16)24)20-21(24)23(27)25(22(20)26)13-14-7-6-12-28-14/h2-12,19-21H,13H2,1H3/t19?,20-,21+,24?/m0/s1. The molecular formula is C24H19NO3. The first-order chi connectivity index (χ1) is 13.6. The van der Waals surface area contributed by atoms with Crippen molar-refractivity contribution in [1.29, 1.82) is 0 Å². The van der Waals surface area contributed by atoms with E-state index >= 15 is 0 Å². The van der Waals surface area contributed by atoms with Crippen LogP contribution < -0.4 is 0 Å². The van der Waals surface area contributed by atoms with Crippen LogP contribution in [0.4, 0.5) is 0 Å². The Balaban J connectivity index is 1.58. The second kappa shape index (κ2) is 5.22. The first-order valence-corrected chi connectivity index (χ1v) is 9.69. The monoisotopic (exact) mass is 369 g/mol. The highest BCUT2D eigenvalue weighted by Crippen LogP contribution is 2.63. The molecule has 2 bridgehead atoms. The molecule has 3 aromatic rings. The van der Waals surface area contributed by atoms with E-state index in [2.05, 4.69) is 31.2 Å². The van der Waals surface area contributed by atoms with Crippen molar-refractivity contribution in [1.82, 2.24) is 4.90 Å². The number of likely N-dealkylation sites (tertiary alicyclic amines) is 1. The third-order valence-electron chi connectivity index (χ3n) is 7.03. The van der Waals surface area contributed by atoms with Gasteiger partial charge in [-0.3, -0.25) is 14.5 Å². The first-order valence-electron chi connectivity index (χ1n) is 9.69. The van der Waals surface area contributed by atoms with E-state index in [0.29, 0.717) is 5.76 Å². The number of hydrogen-bond donors (Lipinski definition) is 0. The van der Waals surface area contributed by atoms with Crippen LogP contribution in [0.2, 0.25) is 0 Å². The number of rotatable bonds is 2. The average molecular weight is 369 g/mol. The van der Waals surface area contributed by atoms with Crippen LogP contribution in [0.1, 0.15) is 40.9 Å². The number of hydrogen-bond acceptors (Lipinski definition) is 3. The van der Waals surface area contributed by atoms with E-state index in [-0.39, 0.29) is 36.1 Å². The molecule has 2 amide bonds. The maximum Gasteiger partial charge on any atom is 0.234 e. The second-order valence-electron chi connectivity index (χ2n) is 8.20. The highest BCUT2D eigenvalue weighted by atomic mass is 16.3. The van der Waals surface area contributed by atoms with Crippen LogP contribution in [0, 0.1) is 11.8 Å². The van der Waals surface area contributed by atoms with Gasteiger partial charge in [-0.2, -0.15) is 0 Å². The van der Waals surface area contributed by atoms with E-state index in [4.69, 9.17) is 4.42 Å². The van der Waals surface area contributed by atoms with Gasteiger partial charge in [-0.05, 0) is 34.4 Å². The lowest BCUT2D eigenvalue weighted by atomic mass is 9.48. The molecule has 0 N–H and O–H groups in total. The number of nitrogens with zero attached hydrogens (tertiary/aromatic N) is 1. The quantitative estimate of drug-likeness (QED) is 0.645. The molecule has 0 unspecified atom stereocenters. The molecule has 0 spiro atoms.